The van der Waals surface area contributed by atoms with E-state index in [1.807, 2.05) is 25.1 Å². The van der Waals surface area contributed by atoms with Crippen LogP contribution in [-0.4, -0.2) is 6.21 Å². The third kappa shape index (κ3) is 2.69. The molecule has 0 amide bonds. The van der Waals surface area contributed by atoms with Gasteiger partial charge in [0.05, 0.1) is 0 Å². The van der Waals surface area contributed by atoms with Gasteiger partial charge in [0.25, 0.3) is 0 Å². The van der Waals surface area contributed by atoms with E-state index in [-0.39, 0.29) is 5.82 Å². The predicted molar refractivity (Wildman–Crippen MR) is 68.7 cm³/mol. The molecule has 0 aromatic heterocycles. The molecule has 2 aromatic carbocycles. The Morgan fingerprint density at radius 1 is 1.12 bits per heavy atom. The van der Waals surface area contributed by atoms with Crippen molar-refractivity contribution in [1.29, 1.82) is 5.41 Å². The summed E-state index contributed by atoms with van der Waals surface area (Å²) in [4.78, 5) is 0. The van der Waals surface area contributed by atoms with Crippen LogP contribution in [0.2, 0.25) is 0 Å². The number of hydrogen-bond acceptors (Lipinski definition) is 2. The third-order valence-electron chi connectivity index (χ3n) is 2.49. The molecule has 17 heavy (non-hydrogen) atoms. The van der Waals surface area contributed by atoms with E-state index in [0.717, 1.165) is 22.5 Å². The highest BCUT2D eigenvalue weighted by Gasteiger charge is 2.01. The minimum atomic E-state index is -0.257. The summed E-state index contributed by atoms with van der Waals surface area (Å²) < 4.78 is 12.8. The lowest BCUT2D eigenvalue weighted by Crippen LogP contribution is -1.96. The largest absolute Gasteiger partial charge is 0.355 e. The fourth-order valence-electron chi connectivity index (χ4n) is 1.59. The number of halogens is 1. The monoisotopic (exact) mass is 228 g/mol. The number of anilines is 2. The van der Waals surface area contributed by atoms with Gasteiger partial charge in [0.2, 0.25) is 0 Å². The van der Waals surface area contributed by atoms with E-state index in [0.29, 0.717) is 0 Å². The molecule has 0 bridgehead atoms. The zero-order chi connectivity index (χ0) is 12.3. The van der Waals surface area contributed by atoms with Gasteiger partial charge in [0, 0.05) is 23.2 Å². The molecule has 3 heteroatoms. The zero-order valence-electron chi connectivity index (χ0n) is 9.50. The van der Waals surface area contributed by atoms with Crippen LogP contribution < -0.4 is 5.32 Å². The van der Waals surface area contributed by atoms with Crippen molar-refractivity contribution in [2.75, 3.05) is 5.32 Å². The maximum atomic E-state index is 12.8. The summed E-state index contributed by atoms with van der Waals surface area (Å²) in [6.45, 7) is 1.99. The summed E-state index contributed by atoms with van der Waals surface area (Å²) >= 11 is 0. The van der Waals surface area contributed by atoms with E-state index in [1.165, 1.54) is 18.3 Å². The van der Waals surface area contributed by atoms with Gasteiger partial charge in [-0.1, -0.05) is 12.1 Å². The SMILES string of the molecule is Cc1ccc(C=N)c(Nc2ccc(F)cc2)c1. The molecule has 0 saturated carbocycles. The van der Waals surface area contributed by atoms with E-state index < -0.39 is 0 Å². The maximum absolute atomic E-state index is 12.8. The Kier molecular flexibility index (Phi) is 3.19. The van der Waals surface area contributed by atoms with Crippen molar-refractivity contribution in [3.63, 3.8) is 0 Å². The molecule has 2 nitrogen and oxygen atoms in total. The second-order valence-electron chi connectivity index (χ2n) is 3.87. The van der Waals surface area contributed by atoms with Crippen molar-refractivity contribution in [1.82, 2.24) is 0 Å². The molecule has 0 spiro atoms. The minimum absolute atomic E-state index is 0.257. The Morgan fingerprint density at radius 3 is 2.47 bits per heavy atom. The average molecular weight is 228 g/mol. The predicted octanol–water partition coefficient (Wildman–Crippen LogP) is 3.88. The van der Waals surface area contributed by atoms with Crippen molar-refractivity contribution < 1.29 is 4.39 Å². The summed E-state index contributed by atoms with van der Waals surface area (Å²) in [6, 6.07) is 12.0. The van der Waals surface area contributed by atoms with Gasteiger partial charge >= 0.3 is 0 Å². The molecule has 0 aliphatic carbocycles. The number of aryl methyl sites for hydroxylation is 1. The van der Waals surface area contributed by atoms with Gasteiger partial charge in [-0.25, -0.2) is 4.39 Å². The number of hydrogen-bond donors (Lipinski definition) is 2. The van der Waals surface area contributed by atoms with Crippen molar-refractivity contribution in [3.05, 3.63) is 59.4 Å². The van der Waals surface area contributed by atoms with Gasteiger partial charge in [-0.05, 0) is 42.8 Å². The Hall–Kier alpha value is -2.16. The van der Waals surface area contributed by atoms with Crippen molar-refractivity contribution in [3.8, 4) is 0 Å². The summed E-state index contributed by atoms with van der Waals surface area (Å²) in [5.41, 5.74) is 3.58. The van der Waals surface area contributed by atoms with Crippen molar-refractivity contribution in [2.24, 2.45) is 0 Å². The molecule has 86 valence electrons. The van der Waals surface area contributed by atoms with E-state index in [9.17, 15) is 4.39 Å². The van der Waals surface area contributed by atoms with Gasteiger partial charge in [-0.3, -0.25) is 0 Å². The molecule has 0 atom stereocenters. The molecular formula is C14H13FN2. The topological polar surface area (TPSA) is 35.9 Å². The number of nitrogens with one attached hydrogen (secondary N) is 2. The van der Waals surface area contributed by atoms with Crippen LogP contribution in [0.25, 0.3) is 0 Å². The molecule has 0 heterocycles. The lowest BCUT2D eigenvalue weighted by atomic mass is 10.1. The lowest BCUT2D eigenvalue weighted by molar-refractivity contribution is 0.628. The molecule has 0 unspecified atom stereocenters. The Morgan fingerprint density at radius 2 is 1.82 bits per heavy atom. The van der Waals surface area contributed by atoms with E-state index in [4.69, 9.17) is 5.41 Å². The van der Waals surface area contributed by atoms with Gasteiger partial charge in [0.1, 0.15) is 5.82 Å². The number of benzene rings is 2. The highest BCUT2D eigenvalue weighted by Crippen LogP contribution is 2.21. The fraction of sp³-hybridized carbons (Fsp3) is 0.0714. The molecule has 0 aliphatic rings. The van der Waals surface area contributed by atoms with Crippen molar-refractivity contribution in [2.45, 2.75) is 6.92 Å². The average Bonchev–Trinajstić information content (AvgIpc) is 2.32. The van der Waals surface area contributed by atoms with Gasteiger partial charge in [0.15, 0.2) is 0 Å². The first-order valence-electron chi connectivity index (χ1n) is 5.33. The first-order valence-corrected chi connectivity index (χ1v) is 5.33. The van der Waals surface area contributed by atoms with Crippen LogP contribution in [0.3, 0.4) is 0 Å². The molecule has 2 rings (SSSR count). The van der Waals surface area contributed by atoms with E-state index in [2.05, 4.69) is 5.32 Å². The smallest absolute Gasteiger partial charge is 0.123 e. The van der Waals surface area contributed by atoms with Crippen LogP contribution in [0.5, 0.6) is 0 Å². The molecule has 0 saturated heterocycles. The van der Waals surface area contributed by atoms with Gasteiger partial charge in [-0.15, -0.1) is 0 Å². The first-order chi connectivity index (χ1) is 8.19. The van der Waals surface area contributed by atoms with E-state index in [1.54, 1.807) is 12.1 Å². The highest BCUT2D eigenvalue weighted by molar-refractivity contribution is 5.87. The van der Waals surface area contributed by atoms with Crippen LogP contribution >= 0.6 is 0 Å². The second-order valence-corrected chi connectivity index (χ2v) is 3.87. The minimum Gasteiger partial charge on any atom is -0.355 e. The Labute approximate surface area is 99.6 Å². The standard InChI is InChI=1S/C14H13FN2/c1-10-2-3-11(9-16)14(8-10)17-13-6-4-12(15)5-7-13/h2-9,16-17H,1H3. The fourth-order valence-corrected chi connectivity index (χ4v) is 1.59. The van der Waals surface area contributed by atoms with Crippen LogP contribution in [0.15, 0.2) is 42.5 Å². The third-order valence-corrected chi connectivity index (χ3v) is 2.49. The quantitative estimate of drug-likeness (QED) is 0.768. The molecule has 0 aliphatic heterocycles. The van der Waals surface area contributed by atoms with Crippen LogP contribution in [0.1, 0.15) is 11.1 Å². The van der Waals surface area contributed by atoms with Crippen LogP contribution in [-0.2, 0) is 0 Å². The lowest BCUT2D eigenvalue weighted by Gasteiger charge is -2.10. The Bertz CT molecular complexity index is 532. The van der Waals surface area contributed by atoms with E-state index >= 15 is 0 Å². The first kappa shape index (κ1) is 11.3. The summed E-state index contributed by atoms with van der Waals surface area (Å²) in [6.07, 6.45) is 1.30. The maximum Gasteiger partial charge on any atom is 0.123 e. The Balaban J connectivity index is 2.31. The number of rotatable bonds is 3. The molecule has 0 radical (unpaired) electrons. The second kappa shape index (κ2) is 4.78. The van der Waals surface area contributed by atoms with Crippen LogP contribution in [0, 0.1) is 18.2 Å². The van der Waals surface area contributed by atoms with Gasteiger partial charge < -0.3 is 10.7 Å². The van der Waals surface area contributed by atoms with Crippen LogP contribution in [0.4, 0.5) is 15.8 Å². The zero-order valence-corrected chi connectivity index (χ0v) is 9.50. The molecular weight excluding hydrogens is 215 g/mol. The molecule has 0 fully saturated rings. The molecule has 2 aromatic rings. The summed E-state index contributed by atoms with van der Waals surface area (Å²) in [5.74, 6) is -0.257. The summed E-state index contributed by atoms with van der Waals surface area (Å²) in [7, 11) is 0. The summed E-state index contributed by atoms with van der Waals surface area (Å²) in [5, 5.41) is 10.5. The van der Waals surface area contributed by atoms with Gasteiger partial charge in [-0.2, -0.15) is 0 Å². The molecule has 2 N–H and O–H groups in total. The highest BCUT2D eigenvalue weighted by atomic mass is 19.1. The van der Waals surface area contributed by atoms with Crippen molar-refractivity contribution >= 4 is 17.6 Å². The normalized spacial score (nSPS) is 10.0.